The van der Waals surface area contributed by atoms with Crippen molar-refractivity contribution in [2.45, 2.75) is 26.4 Å². The smallest absolute Gasteiger partial charge is 0.243 e. The van der Waals surface area contributed by atoms with Gasteiger partial charge in [-0.3, -0.25) is 9.80 Å². The Morgan fingerprint density at radius 2 is 2.04 bits per heavy atom. The monoisotopic (exact) mass is 334 g/mol. The van der Waals surface area contributed by atoms with Gasteiger partial charge in [0.05, 0.1) is 13.2 Å². The van der Waals surface area contributed by atoms with E-state index in [0.717, 1.165) is 38.3 Å². The molecule has 1 fully saturated rings. The van der Waals surface area contributed by atoms with Crippen LogP contribution in [0.1, 0.15) is 30.2 Å². The summed E-state index contributed by atoms with van der Waals surface area (Å²) in [6.07, 6.45) is 0. The number of nitrogens with zero attached hydrogens (tertiary/aromatic N) is 4. The number of aryl methyl sites for hydroxylation is 1. The maximum atomic E-state index is 13.8. The quantitative estimate of drug-likeness (QED) is 0.837. The van der Waals surface area contributed by atoms with Crippen LogP contribution >= 0.6 is 0 Å². The standard InChI is InChI=1S/C17H23FN4O2/c1-12(17-19-13(2)20-24-17)22-8-6-21(7-9-22)11-14-4-5-16(23-3)15(18)10-14/h4-5,10,12H,6-9,11H2,1-3H3/t12-/m0/s1. The van der Waals surface area contributed by atoms with Crippen LogP contribution in [0.15, 0.2) is 22.7 Å². The molecule has 1 atom stereocenters. The maximum absolute atomic E-state index is 13.8. The van der Waals surface area contributed by atoms with Crippen molar-refractivity contribution in [3.05, 3.63) is 41.3 Å². The molecule has 1 aromatic heterocycles. The molecule has 130 valence electrons. The largest absolute Gasteiger partial charge is 0.494 e. The van der Waals surface area contributed by atoms with Crippen molar-refractivity contribution in [1.29, 1.82) is 0 Å². The van der Waals surface area contributed by atoms with Gasteiger partial charge in [-0.1, -0.05) is 11.2 Å². The second-order valence-corrected chi connectivity index (χ2v) is 6.14. The van der Waals surface area contributed by atoms with Gasteiger partial charge in [-0.25, -0.2) is 4.39 Å². The van der Waals surface area contributed by atoms with E-state index in [1.807, 2.05) is 13.0 Å². The van der Waals surface area contributed by atoms with Crippen molar-refractivity contribution in [3.8, 4) is 5.75 Å². The fraction of sp³-hybridized carbons (Fsp3) is 0.529. The molecule has 7 heteroatoms. The molecule has 2 aromatic rings. The van der Waals surface area contributed by atoms with E-state index in [4.69, 9.17) is 9.26 Å². The Morgan fingerprint density at radius 3 is 2.62 bits per heavy atom. The average molecular weight is 334 g/mol. The highest BCUT2D eigenvalue weighted by Gasteiger charge is 2.25. The molecule has 1 aromatic carbocycles. The fourth-order valence-corrected chi connectivity index (χ4v) is 3.01. The van der Waals surface area contributed by atoms with Crippen molar-refractivity contribution >= 4 is 0 Å². The first-order valence-corrected chi connectivity index (χ1v) is 8.16. The summed E-state index contributed by atoms with van der Waals surface area (Å²) in [7, 11) is 1.48. The maximum Gasteiger partial charge on any atom is 0.243 e. The molecule has 0 aliphatic carbocycles. The zero-order valence-electron chi connectivity index (χ0n) is 14.3. The molecule has 1 aliphatic heterocycles. The van der Waals surface area contributed by atoms with Gasteiger partial charge in [-0.15, -0.1) is 0 Å². The molecule has 24 heavy (non-hydrogen) atoms. The molecule has 1 aliphatic rings. The summed E-state index contributed by atoms with van der Waals surface area (Å²) < 4.78 is 24.0. The molecule has 2 heterocycles. The Hall–Kier alpha value is -1.99. The van der Waals surface area contributed by atoms with Crippen LogP contribution < -0.4 is 4.74 Å². The molecule has 0 radical (unpaired) electrons. The van der Waals surface area contributed by atoms with E-state index in [1.165, 1.54) is 7.11 Å². The first kappa shape index (κ1) is 16.9. The third-order valence-corrected chi connectivity index (χ3v) is 4.48. The lowest BCUT2D eigenvalue weighted by Gasteiger charge is -2.36. The SMILES string of the molecule is COc1ccc(CN2CCN([C@@H](C)c3nc(C)no3)CC2)cc1F. The van der Waals surface area contributed by atoms with Crippen molar-refractivity contribution in [2.24, 2.45) is 0 Å². The van der Waals surface area contributed by atoms with Gasteiger partial charge < -0.3 is 9.26 Å². The first-order chi connectivity index (χ1) is 11.6. The highest BCUT2D eigenvalue weighted by atomic mass is 19.1. The van der Waals surface area contributed by atoms with Crippen LogP contribution in [0.2, 0.25) is 0 Å². The number of hydrogen-bond donors (Lipinski definition) is 0. The lowest BCUT2D eigenvalue weighted by atomic mass is 10.1. The fourth-order valence-electron chi connectivity index (χ4n) is 3.01. The van der Waals surface area contributed by atoms with Gasteiger partial charge >= 0.3 is 0 Å². The zero-order chi connectivity index (χ0) is 17.1. The number of benzene rings is 1. The zero-order valence-corrected chi connectivity index (χ0v) is 14.3. The second-order valence-electron chi connectivity index (χ2n) is 6.14. The van der Waals surface area contributed by atoms with Crippen molar-refractivity contribution < 1.29 is 13.7 Å². The van der Waals surface area contributed by atoms with Crippen LogP contribution in [0.5, 0.6) is 5.75 Å². The number of hydrogen-bond acceptors (Lipinski definition) is 6. The molecule has 0 spiro atoms. The normalized spacial score (nSPS) is 17.8. The lowest BCUT2D eigenvalue weighted by molar-refractivity contribution is 0.0844. The molecule has 0 bridgehead atoms. The number of ether oxygens (including phenoxy) is 1. The average Bonchev–Trinajstić information content (AvgIpc) is 3.02. The van der Waals surface area contributed by atoms with Gasteiger partial charge in [-0.05, 0) is 31.5 Å². The van der Waals surface area contributed by atoms with Crippen LogP contribution in [-0.4, -0.2) is 53.2 Å². The number of methoxy groups -OCH3 is 1. The molecule has 6 nitrogen and oxygen atoms in total. The van der Waals surface area contributed by atoms with E-state index in [9.17, 15) is 4.39 Å². The second kappa shape index (κ2) is 7.27. The van der Waals surface area contributed by atoms with Crippen LogP contribution in [0, 0.1) is 12.7 Å². The van der Waals surface area contributed by atoms with Gasteiger partial charge in [0, 0.05) is 32.7 Å². The van der Waals surface area contributed by atoms with Gasteiger partial charge in [-0.2, -0.15) is 4.98 Å². The van der Waals surface area contributed by atoms with Gasteiger partial charge in [0.15, 0.2) is 17.4 Å². The summed E-state index contributed by atoms with van der Waals surface area (Å²) in [6.45, 7) is 8.33. The number of halogens is 1. The van der Waals surface area contributed by atoms with Gasteiger partial charge in [0.25, 0.3) is 0 Å². The molecule has 0 unspecified atom stereocenters. The predicted molar refractivity (Wildman–Crippen MR) is 87.3 cm³/mol. The van der Waals surface area contributed by atoms with E-state index in [2.05, 4.69) is 26.9 Å². The number of aromatic nitrogens is 2. The van der Waals surface area contributed by atoms with E-state index >= 15 is 0 Å². The predicted octanol–water partition coefficient (Wildman–Crippen LogP) is 2.40. The lowest BCUT2D eigenvalue weighted by Crippen LogP contribution is -2.46. The number of piperazine rings is 1. The van der Waals surface area contributed by atoms with Gasteiger partial charge in [0.2, 0.25) is 5.89 Å². The summed E-state index contributed by atoms with van der Waals surface area (Å²) in [5, 5.41) is 3.86. The highest BCUT2D eigenvalue weighted by molar-refractivity contribution is 5.29. The summed E-state index contributed by atoms with van der Waals surface area (Å²) in [6, 6.07) is 5.26. The molecule has 1 saturated heterocycles. The third-order valence-electron chi connectivity index (χ3n) is 4.48. The molecule has 0 amide bonds. The van der Waals surface area contributed by atoms with Crippen molar-refractivity contribution in [2.75, 3.05) is 33.3 Å². The van der Waals surface area contributed by atoms with Crippen LogP contribution in [0.3, 0.4) is 0 Å². The van der Waals surface area contributed by atoms with Crippen molar-refractivity contribution in [3.63, 3.8) is 0 Å². The topological polar surface area (TPSA) is 54.6 Å². The summed E-state index contributed by atoms with van der Waals surface area (Å²) in [5.74, 6) is 1.30. The number of rotatable bonds is 5. The first-order valence-electron chi connectivity index (χ1n) is 8.16. The molecular formula is C17H23FN4O2. The summed E-state index contributed by atoms with van der Waals surface area (Å²) in [5.41, 5.74) is 0.960. The molecular weight excluding hydrogens is 311 g/mol. The summed E-state index contributed by atoms with van der Waals surface area (Å²) >= 11 is 0. The van der Waals surface area contributed by atoms with Gasteiger partial charge in [0.1, 0.15) is 0 Å². The molecule has 0 saturated carbocycles. The van der Waals surface area contributed by atoms with Crippen molar-refractivity contribution in [1.82, 2.24) is 19.9 Å². The Kier molecular flexibility index (Phi) is 5.11. The van der Waals surface area contributed by atoms with E-state index in [1.54, 1.807) is 12.1 Å². The van der Waals surface area contributed by atoms with Crippen LogP contribution in [0.25, 0.3) is 0 Å². The Bertz CT molecular complexity index is 683. The minimum atomic E-state index is -0.311. The third kappa shape index (κ3) is 3.73. The molecule has 0 N–H and O–H groups in total. The summed E-state index contributed by atoms with van der Waals surface area (Å²) in [4.78, 5) is 8.97. The Morgan fingerprint density at radius 1 is 1.29 bits per heavy atom. The van der Waals surface area contributed by atoms with E-state index in [-0.39, 0.29) is 17.6 Å². The molecule has 3 rings (SSSR count). The Labute approximate surface area is 141 Å². The highest BCUT2D eigenvalue weighted by Crippen LogP contribution is 2.22. The Balaban J connectivity index is 1.54. The van der Waals surface area contributed by atoms with Crippen LogP contribution in [-0.2, 0) is 6.54 Å². The minimum Gasteiger partial charge on any atom is -0.494 e. The van der Waals surface area contributed by atoms with E-state index < -0.39 is 0 Å². The van der Waals surface area contributed by atoms with E-state index in [0.29, 0.717) is 11.7 Å². The van der Waals surface area contributed by atoms with Crippen LogP contribution in [0.4, 0.5) is 4.39 Å². The minimum absolute atomic E-state index is 0.117.